The largest absolute Gasteiger partial charge is 0.368 e. The number of carbonyl (C=O) groups is 1. The van der Waals surface area contributed by atoms with Crippen LogP contribution in [0.15, 0.2) is 42.5 Å². The number of likely N-dealkylation sites (N-methyl/N-ethyl adjacent to an activating group) is 1. The molecule has 2 N–H and O–H groups in total. The molecule has 1 fully saturated rings. The molecule has 1 atom stereocenters. The maximum atomic E-state index is 14.3. The second-order valence-corrected chi connectivity index (χ2v) is 8.82. The highest BCUT2D eigenvalue weighted by Gasteiger charge is 2.18. The van der Waals surface area contributed by atoms with Crippen LogP contribution in [-0.2, 0) is 0 Å². The van der Waals surface area contributed by atoms with Gasteiger partial charge in [0.25, 0.3) is 5.91 Å². The molecule has 3 aromatic rings. The molecule has 1 aliphatic heterocycles. The molecule has 1 unspecified atom stereocenters. The first-order valence-electron chi connectivity index (χ1n) is 11.2. The van der Waals surface area contributed by atoms with Gasteiger partial charge in [-0.2, -0.15) is 10.4 Å². The highest BCUT2D eigenvalue weighted by molar-refractivity contribution is 6.33. The Kier molecular flexibility index (Phi) is 7.15. The van der Waals surface area contributed by atoms with Crippen molar-refractivity contribution in [3.63, 3.8) is 0 Å². The van der Waals surface area contributed by atoms with E-state index in [9.17, 15) is 9.18 Å². The molecule has 0 saturated carbocycles. The van der Waals surface area contributed by atoms with Gasteiger partial charge in [-0.3, -0.25) is 9.89 Å². The molecule has 2 aromatic carbocycles. The Hall–Kier alpha value is -3.41. The zero-order chi connectivity index (χ0) is 24.2. The van der Waals surface area contributed by atoms with Crippen LogP contribution < -0.4 is 10.2 Å². The van der Waals surface area contributed by atoms with Gasteiger partial charge in [0, 0.05) is 42.9 Å². The van der Waals surface area contributed by atoms with Gasteiger partial charge in [-0.25, -0.2) is 4.39 Å². The molecule has 0 radical (unpaired) electrons. The van der Waals surface area contributed by atoms with Gasteiger partial charge in [0.2, 0.25) is 0 Å². The van der Waals surface area contributed by atoms with Crippen LogP contribution in [0.25, 0.3) is 22.5 Å². The van der Waals surface area contributed by atoms with Crippen LogP contribution in [0, 0.1) is 17.1 Å². The number of hydrogen-bond acceptors (Lipinski definition) is 5. The van der Waals surface area contributed by atoms with Crippen LogP contribution in [0.2, 0.25) is 5.02 Å². The topological polar surface area (TPSA) is 88.0 Å². The first-order chi connectivity index (χ1) is 16.4. The maximum absolute atomic E-state index is 14.3. The van der Waals surface area contributed by atoms with E-state index in [2.05, 4.69) is 32.4 Å². The van der Waals surface area contributed by atoms with Crippen LogP contribution in [-0.4, -0.2) is 60.3 Å². The average molecular weight is 481 g/mol. The van der Waals surface area contributed by atoms with Crippen molar-refractivity contribution < 1.29 is 9.18 Å². The van der Waals surface area contributed by atoms with Gasteiger partial charge in [-0.1, -0.05) is 24.6 Å². The Morgan fingerprint density at radius 1 is 1.21 bits per heavy atom. The lowest BCUT2D eigenvalue weighted by Gasteiger charge is -2.34. The van der Waals surface area contributed by atoms with Crippen molar-refractivity contribution in [1.82, 2.24) is 20.4 Å². The lowest BCUT2D eigenvalue weighted by Crippen LogP contribution is -2.44. The third kappa shape index (κ3) is 5.22. The normalized spacial score (nSPS) is 15.1. The molecule has 9 heteroatoms. The second-order valence-electron chi connectivity index (χ2n) is 8.42. The number of nitrogens with one attached hydrogen (secondary N) is 2. The molecule has 34 heavy (non-hydrogen) atoms. The number of halogens is 2. The summed E-state index contributed by atoms with van der Waals surface area (Å²) in [4.78, 5) is 17.0. The predicted octanol–water partition coefficient (Wildman–Crippen LogP) is 4.32. The molecule has 7 nitrogen and oxygen atoms in total. The highest BCUT2D eigenvalue weighted by Crippen LogP contribution is 2.32. The maximum Gasteiger partial charge on any atom is 0.252 e. The zero-order valence-electron chi connectivity index (χ0n) is 19.1. The van der Waals surface area contributed by atoms with Crippen LogP contribution >= 0.6 is 11.6 Å². The van der Waals surface area contributed by atoms with Gasteiger partial charge in [0.1, 0.15) is 11.9 Å². The number of nitrogens with zero attached hydrogens (tertiary/aromatic N) is 4. The number of rotatable bonds is 6. The van der Waals surface area contributed by atoms with E-state index in [1.54, 1.807) is 19.1 Å². The van der Waals surface area contributed by atoms with Crippen molar-refractivity contribution in [3.05, 3.63) is 58.9 Å². The molecule has 0 bridgehead atoms. The number of benzene rings is 2. The monoisotopic (exact) mass is 480 g/mol. The van der Waals surface area contributed by atoms with Crippen molar-refractivity contribution in [2.45, 2.75) is 19.4 Å². The summed E-state index contributed by atoms with van der Waals surface area (Å²) in [7, 11) is 2.11. The molecule has 1 aliphatic rings. The van der Waals surface area contributed by atoms with E-state index in [1.165, 1.54) is 6.07 Å². The number of H-pyrrole nitrogens is 1. The SMILES string of the molecule is CCC(C#N)NC(=O)c1cc(F)cc(-c2cc(-c3ccc(N4CCN(C)CC4)c(Cl)c3)[nH]n2)c1. The van der Waals surface area contributed by atoms with Gasteiger partial charge in [0.05, 0.1) is 28.2 Å². The Balaban J connectivity index is 1.56. The van der Waals surface area contributed by atoms with Gasteiger partial charge >= 0.3 is 0 Å². The smallest absolute Gasteiger partial charge is 0.252 e. The minimum absolute atomic E-state index is 0.132. The number of anilines is 1. The molecule has 0 spiro atoms. The summed E-state index contributed by atoms with van der Waals surface area (Å²) in [6, 6.07) is 13.1. The number of piperazine rings is 1. The lowest BCUT2D eigenvalue weighted by atomic mass is 10.0. The van der Waals surface area contributed by atoms with Crippen molar-refractivity contribution in [2.75, 3.05) is 38.1 Å². The van der Waals surface area contributed by atoms with Crippen molar-refractivity contribution in [1.29, 1.82) is 5.26 Å². The van der Waals surface area contributed by atoms with Gasteiger partial charge < -0.3 is 15.1 Å². The molecule has 1 amide bonds. The summed E-state index contributed by atoms with van der Waals surface area (Å²) >= 11 is 6.61. The van der Waals surface area contributed by atoms with Crippen molar-refractivity contribution in [2.24, 2.45) is 0 Å². The van der Waals surface area contributed by atoms with Crippen LogP contribution in [0.1, 0.15) is 23.7 Å². The van der Waals surface area contributed by atoms with Crippen LogP contribution in [0.5, 0.6) is 0 Å². The van der Waals surface area contributed by atoms with E-state index >= 15 is 0 Å². The third-order valence-corrected chi connectivity index (χ3v) is 6.31. The van der Waals surface area contributed by atoms with Crippen LogP contribution in [0.3, 0.4) is 0 Å². The van der Waals surface area contributed by atoms with Crippen molar-refractivity contribution in [3.8, 4) is 28.6 Å². The van der Waals surface area contributed by atoms with E-state index in [1.807, 2.05) is 24.3 Å². The number of nitriles is 1. The van der Waals surface area contributed by atoms with Gasteiger partial charge in [0.15, 0.2) is 0 Å². The van der Waals surface area contributed by atoms with Gasteiger partial charge in [-0.15, -0.1) is 0 Å². The standard InChI is InChI=1S/C25H26ClFN6O/c1-3-20(15-28)29-25(34)18-10-17(11-19(27)12-18)23-14-22(30-31-23)16-4-5-24(21(26)13-16)33-8-6-32(2)7-9-33/h4-5,10-14,20H,3,6-9H2,1-2H3,(H,29,34)(H,30,31). The third-order valence-electron chi connectivity index (χ3n) is 6.01. The fourth-order valence-corrected chi connectivity index (χ4v) is 4.23. The summed E-state index contributed by atoms with van der Waals surface area (Å²) in [5.74, 6) is -1.06. The summed E-state index contributed by atoms with van der Waals surface area (Å²) in [5.41, 5.74) is 3.67. The molecule has 2 heterocycles. The first-order valence-corrected chi connectivity index (χ1v) is 11.6. The molecular formula is C25H26ClFN6O. The number of aromatic amines is 1. The highest BCUT2D eigenvalue weighted by atomic mass is 35.5. The van der Waals surface area contributed by atoms with Gasteiger partial charge in [-0.05, 0) is 49.9 Å². The second kappa shape index (κ2) is 10.2. The lowest BCUT2D eigenvalue weighted by molar-refractivity contribution is 0.0944. The number of hydrogen-bond donors (Lipinski definition) is 2. The Bertz CT molecular complexity index is 1230. The average Bonchev–Trinajstić information content (AvgIpc) is 3.33. The Labute approximate surface area is 203 Å². The summed E-state index contributed by atoms with van der Waals surface area (Å²) in [6.45, 7) is 5.62. The molecular weight excluding hydrogens is 455 g/mol. The quantitative estimate of drug-likeness (QED) is 0.548. The van der Waals surface area contributed by atoms with E-state index < -0.39 is 17.8 Å². The van der Waals surface area contributed by atoms with E-state index in [0.717, 1.165) is 49.2 Å². The zero-order valence-corrected chi connectivity index (χ0v) is 19.9. The Morgan fingerprint density at radius 3 is 2.65 bits per heavy atom. The molecule has 1 saturated heterocycles. The van der Waals surface area contributed by atoms with E-state index in [-0.39, 0.29) is 5.56 Å². The molecule has 1 aromatic heterocycles. The number of amides is 1. The molecule has 176 valence electrons. The minimum Gasteiger partial charge on any atom is -0.368 e. The Morgan fingerprint density at radius 2 is 1.97 bits per heavy atom. The molecule has 0 aliphatic carbocycles. The van der Waals surface area contributed by atoms with Crippen molar-refractivity contribution >= 4 is 23.2 Å². The van der Waals surface area contributed by atoms with Crippen LogP contribution in [0.4, 0.5) is 10.1 Å². The summed E-state index contributed by atoms with van der Waals surface area (Å²) in [5, 5.41) is 19.6. The van der Waals surface area contributed by atoms with E-state index in [0.29, 0.717) is 22.7 Å². The first kappa shape index (κ1) is 23.7. The van der Waals surface area contributed by atoms with E-state index in [4.69, 9.17) is 16.9 Å². The fraction of sp³-hybridized carbons (Fsp3) is 0.320. The minimum atomic E-state index is -0.630. The fourth-order valence-electron chi connectivity index (χ4n) is 3.93. The number of carbonyl (C=O) groups excluding carboxylic acids is 1. The predicted molar refractivity (Wildman–Crippen MR) is 131 cm³/mol. The number of aromatic nitrogens is 2. The summed E-state index contributed by atoms with van der Waals surface area (Å²) < 4.78 is 14.3. The summed E-state index contributed by atoms with van der Waals surface area (Å²) in [6.07, 6.45) is 0.462. The molecule has 4 rings (SSSR count).